The molecule has 1 aromatic heterocycles. The van der Waals surface area contributed by atoms with Crippen molar-refractivity contribution >= 4 is 17.5 Å². The number of likely N-dealkylation sites (tertiary alicyclic amines) is 1. The third kappa shape index (κ3) is 8.43. The molecular weight excluding hydrogens is 534 g/mol. The lowest BCUT2D eigenvalue weighted by Gasteiger charge is -2.30. The van der Waals surface area contributed by atoms with E-state index >= 15 is 0 Å². The Bertz CT molecular complexity index is 1360. The summed E-state index contributed by atoms with van der Waals surface area (Å²) in [5.74, 6) is 0.956. The molecule has 0 bridgehead atoms. The Morgan fingerprint density at radius 3 is 2.35 bits per heavy atom. The highest BCUT2D eigenvalue weighted by Crippen LogP contribution is 2.31. The Balaban J connectivity index is 1.32. The molecule has 0 N–H and O–H groups in total. The van der Waals surface area contributed by atoms with Crippen LogP contribution in [0.25, 0.3) is 0 Å². The van der Waals surface area contributed by atoms with Crippen molar-refractivity contribution in [1.82, 2.24) is 19.8 Å². The van der Waals surface area contributed by atoms with Gasteiger partial charge in [-0.15, -0.1) is 0 Å². The maximum atomic E-state index is 13.8. The molecular formula is C36H47N5O2. The summed E-state index contributed by atoms with van der Waals surface area (Å²) in [6.45, 7) is 7.57. The molecule has 43 heavy (non-hydrogen) atoms. The zero-order valence-corrected chi connectivity index (χ0v) is 26.0. The number of benzene rings is 2. The van der Waals surface area contributed by atoms with Gasteiger partial charge in [-0.3, -0.25) is 9.59 Å². The zero-order chi connectivity index (χ0) is 30.0. The quantitative estimate of drug-likeness (QED) is 0.321. The number of amides is 2. The number of carbonyl (C=O) groups is 2. The summed E-state index contributed by atoms with van der Waals surface area (Å²) in [5.41, 5.74) is 5.52. The zero-order valence-electron chi connectivity index (χ0n) is 26.0. The van der Waals surface area contributed by atoms with Crippen molar-refractivity contribution in [3.8, 4) is 0 Å². The van der Waals surface area contributed by atoms with Crippen molar-refractivity contribution in [2.24, 2.45) is 0 Å². The summed E-state index contributed by atoms with van der Waals surface area (Å²) < 4.78 is 0. The molecule has 0 saturated carbocycles. The van der Waals surface area contributed by atoms with Gasteiger partial charge in [0, 0.05) is 57.4 Å². The van der Waals surface area contributed by atoms with E-state index in [0.29, 0.717) is 25.2 Å². The molecule has 0 aliphatic carbocycles. The Labute approximate surface area is 257 Å². The molecule has 7 heteroatoms. The van der Waals surface area contributed by atoms with E-state index in [1.165, 1.54) is 42.5 Å². The van der Waals surface area contributed by atoms with Crippen LogP contribution in [0.4, 0.5) is 5.69 Å². The number of fused-ring (bicyclic) bond motifs is 1. The molecule has 1 atom stereocenters. The van der Waals surface area contributed by atoms with Gasteiger partial charge in [0.05, 0.1) is 11.7 Å². The molecule has 3 heterocycles. The molecule has 1 unspecified atom stereocenters. The Kier molecular flexibility index (Phi) is 10.8. The number of rotatable bonds is 6. The number of para-hydroxylation sites is 1. The van der Waals surface area contributed by atoms with Crippen molar-refractivity contribution in [1.29, 1.82) is 0 Å². The van der Waals surface area contributed by atoms with Crippen molar-refractivity contribution in [3.63, 3.8) is 0 Å². The predicted octanol–water partition coefficient (Wildman–Crippen LogP) is 6.79. The number of nitrogens with zero attached hydrogens (tertiary/aromatic N) is 5. The second-order valence-electron chi connectivity index (χ2n) is 12.2. The number of hydrogen-bond acceptors (Lipinski definition) is 5. The van der Waals surface area contributed by atoms with Crippen LogP contribution in [0.3, 0.4) is 0 Å². The van der Waals surface area contributed by atoms with Crippen LogP contribution in [0.2, 0.25) is 0 Å². The van der Waals surface area contributed by atoms with Crippen LogP contribution in [-0.4, -0.2) is 51.2 Å². The minimum atomic E-state index is 0.00289. The predicted molar refractivity (Wildman–Crippen MR) is 172 cm³/mol. The number of aromatic nitrogens is 2. The van der Waals surface area contributed by atoms with E-state index in [1.807, 2.05) is 17.9 Å². The lowest BCUT2D eigenvalue weighted by atomic mass is 10.1. The lowest BCUT2D eigenvalue weighted by molar-refractivity contribution is -0.132. The number of carbonyl (C=O) groups excluding carboxylic acids is 2. The van der Waals surface area contributed by atoms with E-state index in [-0.39, 0.29) is 17.9 Å². The fourth-order valence-corrected chi connectivity index (χ4v) is 6.65. The maximum Gasteiger partial charge on any atom is 0.223 e. The van der Waals surface area contributed by atoms with Gasteiger partial charge in [0.1, 0.15) is 5.82 Å². The van der Waals surface area contributed by atoms with Crippen LogP contribution in [0.5, 0.6) is 0 Å². The molecule has 1 saturated heterocycles. The van der Waals surface area contributed by atoms with Crippen LogP contribution in [0, 0.1) is 6.92 Å². The Morgan fingerprint density at radius 2 is 1.56 bits per heavy atom. The summed E-state index contributed by atoms with van der Waals surface area (Å²) in [6, 6.07) is 21.3. The van der Waals surface area contributed by atoms with Crippen molar-refractivity contribution in [2.45, 2.75) is 97.2 Å². The summed E-state index contributed by atoms with van der Waals surface area (Å²) in [7, 11) is 0. The Morgan fingerprint density at radius 1 is 0.837 bits per heavy atom. The summed E-state index contributed by atoms with van der Waals surface area (Å²) in [4.78, 5) is 41.9. The molecule has 7 nitrogen and oxygen atoms in total. The maximum absolute atomic E-state index is 13.8. The normalized spacial score (nSPS) is 18.4. The Hall–Kier alpha value is -3.74. The summed E-state index contributed by atoms with van der Waals surface area (Å²) in [5, 5.41) is 0. The average Bonchev–Trinajstić information content (AvgIpc) is 3.51. The first-order valence-electron chi connectivity index (χ1n) is 16.2. The van der Waals surface area contributed by atoms with Crippen LogP contribution in [0.1, 0.15) is 99.1 Å². The number of hydrogen-bond donors (Lipinski definition) is 0. The van der Waals surface area contributed by atoms with Gasteiger partial charge in [-0.2, -0.15) is 0 Å². The topological polar surface area (TPSA) is 69.6 Å². The third-order valence-electron chi connectivity index (χ3n) is 8.87. The standard InChI is InChI=1S/C36H47N5O2/c1-28-37-32(25-33(38-28)35-19-14-24-41(35)29(2)42)20-21-36(43)40-23-13-6-4-3-5-12-22-39(26-30-15-8-7-9-16-30)34-18-11-10-17-31(34)27-40/h7-11,15-18,25,35H,3-6,12-14,19-24,26-27H2,1-2H3. The van der Waals surface area contributed by atoms with Crippen molar-refractivity contribution in [3.05, 3.63) is 89.0 Å². The van der Waals surface area contributed by atoms with Gasteiger partial charge in [-0.25, -0.2) is 9.97 Å². The first-order chi connectivity index (χ1) is 21.0. The van der Waals surface area contributed by atoms with E-state index < -0.39 is 0 Å². The van der Waals surface area contributed by atoms with Crippen LogP contribution >= 0.6 is 0 Å². The first kappa shape index (κ1) is 30.7. The molecule has 228 valence electrons. The highest BCUT2D eigenvalue weighted by atomic mass is 16.2. The lowest BCUT2D eigenvalue weighted by Crippen LogP contribution is -2.33. The molecule has 2 aromatic carbocycles. The monoisotopic (exact) mass is 581 g/mol. The average molecular weight is 582 g/mol. The fraction of sp³-hybridized carbons (Fsp3) is 0.500. The highest BCUT2D eigenvalue weighted by molar-refractivity contribution is 5.77. The van der Waals surface area contributed by atoms with Crippen LogP contribution in [-0.2, 0) is 29.1 Å². The molecule has 2 aliphatic rings. The van der Waals surface area contributed by atoms with Crippen molar-refractivity contribution < 1.29 is 9.59 Å². The van der Waals surface area contributed by atoms with E-state index in [9.17, 15) is 9.59 Å². The van der Waals surface area contributed by atoms with Crippen LogP contribution in [0.15, 0.2) is 60.7 Å². The molecule has 2 aliphatic heterocycles. The smallest absolute Gasteiger partial charge is 0.223 e. The SMILES string of the molecule is CC(=O)N1CCCC1c1cc(CCC(=O)N2CCCCCCCCN(Cc3ccccc3)c3ccccc3C2)nc(C)n1. The van der Waals surface area contributed by atoms with Crippen LogP contribution < -0.4 is 4.90 Å². The minimum absolute atomic E-state index is 0.00289. The van der Waals surface area contributed by atoms with Crippen molar-refractivity contribution in [2.75, 3.05) is 24.5 Å². The summed E-state index contributed by atoms with van der Waals surface area (Å²) >= 11 is 0. The molecule has 0 spiro atoms. The van der Waals surface area contributed by atoms with E-state index in [0.717, 1.165) is 63.3 Å². The van der Waals surface area contributed by atoms with E-state index in [4.69, 9.17) is 0 Å². The second kappa shape index (κ2) is 15.1. The molecule has 0 radical (unpaired) electrons. The summed E-state index contributed by atoms with van der Waals surface area (Å²) in [6.07, 6.45) is 9.94. The molecule has 5 rings (SSSR count). The largest absolute Gasteiger partial charge is 0.367 e. The van der Waals surface area contributed by atoms with Gasteiger partial charge in [-0.1, -0.05) is 74.2 Å². The number of anilines is 1. The van der Waals surface area contributed by atoms with E-state index in [1.54, 1.807) is 6.92 Å². The first-order valence-corrected chi connectivity index (χ1v) is 16.2. The van der Waals surface area contributed by atoms with Gasteiger partial charge in [0.15, 0.2) is 0 Å². The van der Waals surface area contributed by atoms with Gasteiger partial charge >= 0.3 is 0 Å². The third-order valence-corrected chi connectivity index (χ3v) is 8.87. The number of aryl methyl sites for hydroxylation is 2. The molecule has 1 fully saturated rings. The molecule has 3 aromatic rings. The molecule has 2 amide bonds. The second-order valence-corrected chi connectivity index (χ2v) is 12.2. The van der Waals surface area contributed by atoms with E-state index in [2.05, 4.69) is 74.4 Å². The van der Waals surface area contributed by atoms with Gasteiger partial charge in [0.2, 0.25) is 11.8 Å². The minimum Gasteiger partial charge on any atom is -0.367 e. The van der Waals surface area contributed by atoms with Gasteiger partial charge in [0.25, 0.3) is 0 Å². The fourth-order valence-electron chi connectivity index (χ4n) is 6.65. The van der Waals surface area contributed by atoms with Gasteiger partial charge in [-0.05, 0) is 62.3 Å². The van der Waals surface area contributed by atoms with Gasteiger partial charge < -0.3 is 14.7 Å². The highest BCUT2D eigenvalue weighted by Gasteiger charge is 2.29.